The molecule has 44 heavy (non-hydrogen) atoms. The number of amides is 1. The van der Waals surface area contributed by atoms with Crippen molar-refractivity contribution in [1.29, 1.82) is 5.26 Å². The van der Waals surface area contributed by atoms with Gasteiger partial charge in [0.2, 0.25) is 5.75 Å². The number of aromatic nitrogens is 2. The minimum Gasteiger partial charge on any atom is -0.478 e. The maximum atomic E-state index is 13.8. The highest BCUT2D eigenvalue weighted by molar-refractivity contribution is 6.35. The second-order valence-corrected chi connectivity index (χ2v) is 11.9. The minimum absolute atomic E-state index is 0.0117. The molecule has 12 heteroatoms. The van der Waals surface area contributed by atoms with Crippen molar-refractivity contribution in [2.45, 2.75) is 50.5 Å². The lowest BCUT2D eigenvalue weighted by Crippen LogP contribution is -2.55. The molecule has 0 radical (unpaired) electrons. The second kappa shape index (κ2) is 12.5. The summed E-state index contributed by atoms with van der Waals surface area (Å²) in [7, 11) is 2.07. The van der Waals surface area contributed by atoms with E-state index in [2.05, 4.69) is 29.6 Å². The molecule has 0 bridgehead atoms. The van der Waals surface area contributed by atoms with Crippen molar-refractivity contribution in [3.05, 3.63) is 59.4 Å². The maximum Gasteiger partial charge on any atom is 0.322 e. The zero-order chi connectivity index (χ0) is 31.0. The minimum atomic E-state index is -1.06. The summed E-state index contributed by atoms with van der Waals surface area (Å²) in [5.74, 6) is -0.872. The van der Waals surface area contributed by atoms with Gasteiger partial charge >= 0.3 is 6.01 Å². The normalized spacial score (nSPS) is 23.4. The number of fused-ring (bicyclic) bond motifs is 2. The third-order valence-corrected chi connectivity index (χ3v) is 8.95. The van der Waals surface area contributed by atoms with Crippen molar-refractivity contribution >= 4 is 34.1 Å². The van der Waals surface area contributed by atoms with Crippen molar-refractivity contribution in [1.82, 2.24) is 19.8 Å². The quantitative estimate of drug-likeness (QED) is 0.335. The lowest BCUT2D eigenvalue weighted by atomic mass is 9.97. The largest absolute Gasteiger partial charge is 0.478 e. The molecule has 3 aliphatic rings. The van der Waals surface area contributed by atoms with E-state index in [9.17, 15) is 14.4 Å². The smallest absolute Gasteiger partial charge is 0.322 e. The predicted octanol–water partition coefficient (Wildman–Crippen LogP) is 5.07. The molecule has 2 saturated heterocycles. The fourth-order valence-corrected chi connectivity index (χ4v) is 6.60. The number of rotatable bonds is 7. The van der Waals surface area contributed by atoms with E-state index in [-0.39, 0.29) is 37.4 Å². The summed E-state index contributed by atoms with van der Waals surface area (Å²) in [6.07, 6.45) is 1.15. The molecule has 4 heterocycles. The number of carbonyl (C=O) groups excluding carboxylic acids is 1. The first-order valence-corrected chi connectivity index (χ1v) is 15.2. The van der Waals surface area contributed by atoms with Gasteiger partial charge in [-0.3, -0.25) is 4.79 Å². The number of likely N-dealkylation sites (N-methyl/N-ethyl adjacent to an activating group) is 1. The number of carbonyl (C=O) groups is 1. The molecule has 0 aliphatic carbocycles. The number of ether oxygens (including phenoxy) is 3. The molecule has 2 aromatic carbocycles. The zero-order valence-corrected chi connectivity index (χ0v) is 25.5. The topological polar surface area (TPSA) is 104 Å². The molecule has 6 rings (SSSR count). The summed E-state index contributed by atoms with van der Waals surface area (Å²) in [6.45, 7) is 7.19. The van der Waals surface area contributed by atoms with Crippen LogP contribution in [0, 0.1) is 11.3 Å². The lowest BCUT2D eigenvalue weighted by Gasteiger charge is -2.42. The highest BCUT2D eigenvalue weighted by atomic mass is 35.5. The third kappa shape index (κ3) is 5.72. The van der Waals surface area contributed by atoms with Crippen molar-refractivity contribution < 1.29 is 23.4 Å². The van der Waals surface area contributed by atoms with Gasteiger partial charge in [0, 0.05) is 41.6 Å². The number of piperazine rings is 1. The van der Waals surface area contributed by atoms with Crippen LogP contribution in [0.3, 0.4) is 0 Å². The Morgan fingerprint density at radius 1 is 1.18 bits per heavy atom. The van der Waals surface area contributed by atoms with Gasteiger partial charge in [0.05, 0.1) is 18.5 Å². The van der Waals surface area contributed by atoms with Crippen LogP contribution in [-0.4, -0.2) is 83.7 Å². The number of benzene rings is 2. The van der Waals surface area contributed by atoms with Gasteiger partial charge in [0.25, 0.3) is 11.8 Å². The van der Waals surface area contributed by atoms with E-state index in [0.29, 0.717) is 29.7 Å². The van der Waals surface area contributed by atoms with E-state index in [1.54, 1.807) is 0 Å². The van der Waals surface area contributed by atoms with E-state index >= 15 is 0 Å². The fourth-order valence-electron chi connectivity index (χ4n) is 6.31. The van der Waals surface area contributed by atoms with Crippen molar-refractivity contribution in [2.75, 3.05) is 44.7 Å². The summed E-state index contributed by atoms with van der Waals surface area (Å²) in [6, 6.07) is 13.6. The Labute approximate surface area is 260 Å². The maximum absolute atomic E-state index is 13.8. The first kappa shape index (κ1) is 29.9. The Kier molecular flexibility index (Phi) is 8.47. The van der Waals surface area contributed by atoms with Gasteiger partial charge in [0.1, 0.15) is 12.7 Å². The van der Waals surface area contributed by atoms with Gasteiger partial charge in [-0.2, -0.15) is 15.2 Å². The monoisotopic (exact) mass is 620 g/mol. The molecule has 10 nitrogen and oxygen atoms in total. The number of nitriles is 1. The van der Waals surface area contributed by atoms with E-state index in [4.69, 9.17) is 30.8 Å². The van der Waals surface area contributed by atoms with Crippen LogP contribution in [0.2, 0.25) is 5.02 Å². The van der Waals surface area contributed by atoms with Crippen LogP contribution in [0.15, 0.2) is 48.8 Å². The molecule has 230 valence electrons. The predicted molar refractivity (Wildman–Crippen MR) is 164 cm³/mol. The lowest BCUT2D eigenvalue weighted by molar-refractivity contribution is -0.131. The Morgan fingerprint density at radius 2 is 1.98 bits per heavy atom. The van der Waals surface area contributed by atoms with Gasteiger partial charge in [-0.25, -0.2) is 4.39 Å². The van der Waals surface area contributed by atoms with Crippen LogP contribution in [0.1, 0.15) is 37.9 Å². The number of hydrogen-bond donors (Lipinski definition) is 0. The van der Waals surface area contributed by atoms with Crippen LogP contribution in [-0.2, 0) is 4.79 Å². The van der Waals surface area contributed by atoms with E-state index in [1.165, 1.54) is 4.90 Å². The first-order chi connectivity index (χ1) is 21.2. The van der Waals surface area contributed by atoms with Crippen LogP contribution in [0.25, 0.3) is 10.8 Å². The van der Waals surface area contributed by atoms with E-state index < -0.39 is 30.0 Å². The van der Waals surface area contributed by atoms with Gasteiger partial charge < -0.3 is 28.9 Å². The highest BCUT2D eigenvalue weighted by Crippen LogP contribution is 2.46. The molecule has 0 N–H and O–H groups in total. The summed E-state index contributed by atoms with van der Waals surface area (Å²) >= 11 is 6.66. The third-order valence-electron chi connectivity index (χ3n) is 8.64. The van der Waals surface area contributed by atoms with Crippen LogP contribution >= 0.6 is 11.6 Å². The SMILES string of the molecule is C=C(F)C(=O)N1CCN(c2nc(OC[C@@H]3CCCN3C)nc3c2O[C@@H](C)C(c2cccc4cccc(Cl)c24)O3)C[C@@H]1CC#N. The van der Waals surface area contributed by atoms with Crippen LogP contribution in [0.5, 0.6) is 17.6 Å². The molecule has 0 saturated carbocycles. The molecule has 3 aromatic rings. The summed E-state index contributed by atoms with van der Waals surface area (Å²) in [5.41, 5.74) is 0.870. The Hall–Kier alpha value is -4.14. The zero-order valence-electron chi connectivity index (χ0n) is 24.7. The number of nitrogens with zero attached hydrogens (tertiary/aromatic N) is 6. The average molecular weight is 621 g/mol. The van der Waals surface area contributed by atoms with Gasteiger partial charge in [-0.1, -0.05) is 48.5 Å². The van der Waals surface area contributed by atoms with Crippen LogP contribution < -0.4 is 19.1 Å². The summed E-state index contributed by atoms with van der Waals surface area (Å²) in [4.78, 5) is 27.4. The van der Waals surface area contributed by atoms with Gasteiger partial charge in [-0.05, 0) is 44.8 Å². The van der Waals surface area contributed by atoms with Gasteiger partial charge in [-0.15, -0.1) is 0 Å². The van der Waals surface area contributed by atoms with Crippen molar-refractivity contribution in [3.8, 4) is 23.7 Å². The summed E-state index contributed by atoms with van der Waals surface area (Å²) in [5, 5.41) is 12.0. The molecule has 1 unspecified atom stereocenters. The Bertz CT molecular complexity index is 1630. The summed E-state index contributed by atoms with van der Waals surface area (Å²) < 4.78 is 33.1. The Balaban J connectivity index is 1.37. The molecule has 2 fully saturated rings. The van der Waals surface area contributed by atoms with Crippen LogP contribution in [0.4, 0.5) is 10.2 Å². The van der Waals surface area contributed by atoms with Gasteiger partial charge in [0.15, 0.2) is 17.7 Å². The van der Waals surface area contributed by atoms with Crippen molar-refractivity contribution in [3.63, 3.8) is 0 Å². The number of anilines is 1. The second-order valence-electron chi connectivity index (χ2n) is 11.5. The highest BCUT2D eigenvalue weighted by Gasteiger charge is 2.39. The van der Waals surface area contributed by atoms with Crippen molar-refractivity contribution in [2.24, 2.45) is 0 Å². The number of likely N-dealkylation sites (tertiary alicyclic amines) is 1. The fraction of sp³-hybridized carbons (Fsp3) is 0.438. The molecule has 3 aliphatic heterocycles. The molecular formula is C32H34ClFN6O4. The Morgan fingerprint density at radius 3 is 2.70 bits per heavy atom. The number of halogens is 2. The molecule has 0 spiro atoms. The number of hydrogen-bond acceptors (Lipinski definition) is 9. The molecular weight excluding hydrogens is 587 g/mol. The van der Waals surface area contributed by atoms with E-state index in [1.807, 2.05) is 48.2 Å². The average Bonchev–Trinajstić information content (AvgIpc) is 3.43. The first-order valence-electron chi connectivity index (χ1n) is 14.8. The molecule has 1 aromatic heterocycles. The molecule has 4 atom stereocenters. The standard InChI is InChI=1S/C32H34ClFN6O4/c1-19(34)31(41)40-16-15-39(17-22(40)12-13-35)29-28-30(37-32(36-29)42-18-23-9-6-14-38(23)3)44-27(20(2)43-28)24-10-4-7-21-8-5-11-25(33)26(21)24/h4-5,7-8,10-11,20,22-23,27H,1,6,9,12,14-18H2,2-3H3/t20-,22-,23-,27?/m0/s1. The molecule has 1 amide bonds. The van der Waals surface area contributed by atoms with E-state index in [0.717, 1.165) is 35.7 Å².